The van der Waals surface area contributed by atoms with Crippen molar-refractivity contribution in [2.75, 3.05) is 0 Å². The van der Waals surface area contributed by atoms with E-state index in [1.807, 2.05) is 18.2 Å². The quantitative estimate of drug-likeness (QED) is 0.570. The zero-order valence-corrected chi connectivity index (χ0v) is 5.95. The second kappa shape index (κ2) is 2.31. The van der Waals surface area contributed by atoms with Gasteiger partial charge in [0.25, 0.3) is 5.95 Å². The van der Waals surface area contributed by atoms with Crippen LogP contribution in [0.1, 0.15) is 6.42 Å². The first kappa shape index (κ1) is 6.28. The van der Waals surface area contributed by atoms with Crippen LogP contribution in [0.3, 0.4) is 0 Å². The van der Waals surface area contributed by atoms with Crippen LogP contribution in [-0.2, 0) is 4.74 Å². The highest BCUT2D eigenvalue weighted by atomic mass is 16.6. The summed E-state index contributed by atoms with van der Waals surface area (Å²) >= 11 is 0. The molecule has 0 aromatic carbocycles. The standard InChI is InChI=1S/C9H8O2/c10-9-6-5-7-3-1-2-4-8(7)11-9/h1-2,4-6,10H,3H2. The Kier molecular flexibility index (Phi) is 1.32. The van der Waals surface area contributed by atoms with Crippen LogP contribution in [0.2, 0.25) is 0 Å². The van der Waals surface area contributed by atoms with Crippen molar-refractivity contribution in [3.05, 3.63) is 47.7 Å². The molecule has 0 amide bonds. The van der Waals surface area contributed by atoms with E-state index in [4.69, 9.17) is 9.84 Å². The molecule has 2 aliphatic rings. The van der Waals surface area contributed by atoms with E-state index in [9.17, 15) is 0 Å². The Morgan fingerprint density at radius 1 is 1.27 bits per heavy atom. The SMILES string of the molecule is OC1=CC=C2CC=CC=C2O1. The molecule has 0 aromatic heterocycles. The van der Waals surface area contributed by atoms with E-state index in [-0.39, 0.29) is 5.95 Å². The van der Waals surface area contributed by atoms with E-state index < -0.39 is 0 Å². The predicted molar refractivity (Wildman–Crippen MR) is 41.7 cm³/mol. The van der Waals surface area contributed by atoms with Crippen molar-refractivity contribution in [3.63, 3.8) is 0 Å². The summed E-state index contributed by atoms with van der Waals surface area (Å²) < 4.78 is 5.05. The molecule has 0 spiro atoms. The molecule has 2 rings (SSSR count). The maximum Gasteiger partial charge on any atom is 0.282 e. The van der Waals surface area contributed by atoms with Gasteiger partial charge < -0.3 is 9.84 Å². The minimum Gasteiger partial charge on any atom is -0.481 e. The molecular weight excluding hydrogens is 140 g/mol. The zero-order valence-electron chi connectivity index (χ0n) is 5.95. The third-order valence-electron chi connectivity index (χ3n) is 1.68. The van der Waals surface area contributed by atoms with Gasteiger partial charge in [0.1, 0.15) is 5.76 Å². The van der Waals surface area contributed by atoms with Gasteiger partial charge in [-0.25, -0.2) is 0 Å². The lowest BCUT2D eigenvalue weighted by Gasteiger charge is -2.16. The summed E-state index contributed by atoms with van der Waals surface area (Å²) in [4.78, 5) is 0. The van der Waals surface area contributed by atoms with E-state index in [2.05, 4.69) is 6.08 Å². The molecule has 1 aliphatic carbocycles. The average molecular weight is 148 g/mol. The minimum atomic E-state index is -0.0321. The van der Waals surface area contributed by atoms with Crippen molar-refractivity contribution in [2.45, 2.75) is 6.42 Å². The van der Waals surface area contributed by atoms with Crippen LogP contribution in [0.5, 0.6) is 0 Å². The van der Waals surface area contributed by atoms with Crippen molar-refractivity contribution >= 4 is 0 Å². The fourth-order valence-electron chi connectivity index (χ4n) is 1.13. The van der Waals surface area contributed by atoms with Crippen LogP contribution >= 0.6 is 0 Å². The fourth-order valence-corrected chi connectivity index (χ4v) is 1.13. The van der Waals surface area contributed by atoms with E-state index >= 15 is 0 Å². The number of fused-ring (bicyclic) bond motifs is 1. The van der Waals surface area contributed by atoms with Crippen LogP contribution in [0.25, 0.3) is 0 Å². The number of aliphatic hydroxyl groups excluding tert-OH is 1. The van der Waals surface area contributed by atoms with Gasteiger partial charge in [0.2, 0.25) is 0 Å². The van der Waals surface area contributed by atoms with E-state index in [1.54, 1.807) is 6.08 Å². The number of aliphatic hydroxyl groups is 1. The molecule has 0 fully saturated rings. The molecule has 0 bridgehead atoms. The highest BCUT2D eigenvalue weighted by molar-refractivity contribution is 5.40. The molecule has 0 aromatic rings. The molecular formula is C9H8O2. The van der Waals surface area contributed by atoms with Gasteiger partial charge in [-0.3, -0.25) is 0 Å². The van der Waals surface area contributed by atoms with Crippen molar-refractivity contribution < 1.29 is 9.84 Å². The Labute approximate surface area is 64.8 Å². The molecule has 0 atom stereocenters. The lowest BCUT2D eigenvalue weighted by molar-refractivity contribution is 0.147. The Morgan fingerprint density at radius 3 is 3.09 bits per heavy atom. The monoisotopic (exact) mass is 148 g/mol. The largest absolute Gasteiger partial charge is 0.481 e. The maximum absolute atomic E-state index is 8.98. The predicted octanol–water partition coefficient (Wildman–Crippen LogP) is 2.19. The molecule has 0 saturated heterocycles. The first-order chi connectivity index (χ1) is 5.36. The normalized spacial score (nSPS) is 20.9. The Hall–Kier alpha value is -1.44. The highest BCUT2D eigenvalue weighted by Crippen LogP contribution is 2.25. The second-order valence-corrected chi connectivity index (χ2v) is 2.46. The molecule has 0 radical (unpaired) electrons. The Morgan fingerprint density at radius 2 is 2.18 bits per heavy atom. The summed E-state index contributed by atoms with van der Waals surface area (Å²) in [6, 6.07) is 0. The second-order valence-electron chi connectivity index (χ2n) is 2.46. The smallest absolute Gasteiger partial charge is 0.282 e. The molecule has 2 nitrogen and oxygen atoms in total. The number of rotatable bonds is 0. The summed E-state index contributed by atoms with van der Waals surface area (Å²) in [5.74, 6) is 0.725. The number of allylic oxidation sites excluding steroid dienone is 6. The minimum absolute atomic E-state index is 0.0321. The molecule has 1 N–H and O–H groups in total. The molecule has 1 aliphatic heterocycles. The maximum atomic E-state index is 8.98. The van der Waals surface area contributed by atoms with Gasteiger partial charge in [0, 0.05) is 6.08 Å². The summed E-state index contributed by atoms with van der Waals surface area (Å²) in [5.41, 5.74) is 1.12. The van der Waals surface area contributed by atoms with Crippen LogP contribution in [0.4, 0.5) is 0 Å². The van der Waals surface area contributed by atoms with E-state index in [0.29, 0.717) is 0 Å². The van der Waals surface area contributed by atoms with Crippen molar-refractivity contribution in [3.8, 4) is 0 Å². The van der Waals surface area contributed by atoms with Gasteiger partial charge in [0.05, 0.1) is 0 Å². The third-order valence-corrected chi connectivity index (χ3v) is 1.68. The van der Waals surface area contributed by atoms with E-state index in [0.717, 1.165) is 17.8 Å². The number of ether oxygens (including phenoxy) is 1. The van der Waals surface area contributed by atoms with Gasteiger partial charge in [-0.1, -0.05) is 12.2 Å². The lowest BCUT2D eigenvalue weighted by Crippen LogP contribution is -2.02. The van der Waals surface area contributed by atoms with Crippen molar-refractivity contribution in [1.29, 1.82) is 0 Å². The van der Waals surface area contributed by atoms with Gasteiger partial charge in [-0.2, -0.15) is 0 Å². The van der Waals surface area contributed by atoms with Crippen LogP contribution in [0.15, 0.2) is 47.7 Å². The van der Waals surface area contributed by atoms with Crippen LogP contribution in [0, 0.1) is 0 Å². The molecule has 0 unspecified atom stereocenters. The molecule has 11 heavy (non-hydrogen) atoms. The molecule has 1 heterocycles. The third kappa shape index (κ3) is 1.07. The lowest BCUT2D eigenvalue weighted by atomic mass is 10.0. The van der Waals surface area contributed by atoms with Gasteiger partial charge in [0.15, 0.2) is 0 Å². The first-order valence-corrected chi connectivity index (χ1v) is 3.51. The van der Waals surface area contributed by atoms with Crippen molar-refractivity contribution in [2.24, 2.45) is 0 Å². The van der Waals surface area contributed by atoms with Gasteiger partial charge >= 0.3 is 0 Å². The van der Waals surface area contributed by atoms with E-state index in [1.165, 1.54) is 0 Å². The van der Waals surface area contributed by atoms with Crippen LogP contribution < -0.4 is 0 Å². The summed E-state index contributed by atoms with van der Waals surface area (Å²) in [6.07, 6.45) is 10.1. The van der Waals surface area contributed by atoms with Gasteiger partial charge in [-0.05, 0) is 24.1 Å². The fraction of sp³-hybridized carbons (Fsp3) is 0.111. The Balaban J connectivity index is 2.36. The zero-order chi connectivity index (χ0) is 7.68. The van der Waals surface area contributed by atoms with Crippen LogP contribution in [-0.4, -0.2) is 5.11 Å². The van der Waals surface area contributed by atoms with Gasteiger partial charge in [-0.15, -0.1) is 0 Å². The topological polar surface area (TPSA) is 29.5 Å². The Bertz CT molecular complexity index is 293. The number of hydrogen-bond donors (Lipinski definition) is 1. The summed E-state index contributed by atoms with van der Waals surface area (Å²) in [6.45, 7) is 0. The number of hydrogen-bond acceptors (Lipinski definition) is 2. The summed E-state index contributed by atoms with van der Waals surface area (Å²) in [7, 11) is 0. The average Bonchev–Trinajstić information content (AvgIpc) is 2.04. The molecule has 0 saturated carbocycles. The first-order valence-electron chi connectivity index (χ1n) is 3.51. The highest BCUT2D eigenvalue weighted by Gasteiger charge is 2.12. The summed E-state index contributed by atoms with van der Waals surface area (Å²) in [5, 5.41) is 8.98. The molecule has 2 heteroatoms. The molecule has 56 valence electrons. The van der Waals surface area contributed by atoms with Crippen molar-refractivity contribution in [1.82, 2.24) is 0 Å².